The van der Waals surface area contributed by atoms with Crippen molar-refractivity contribution in [1.82, 2.24) is 15.5 Å². The highest BCUT2D eigenvalue weighted by molar-refractivity contribution is 6.34. The van der Waals surface area contributed by atoms with Gasteiger partial charge >= 0.3 is 0 Å². The van der Waals surface area contributed by atoms with Crippen LogP contribution in [-0.4, -0.2) is 16.1 Å². The third-order valence-corrected chi connectivity index (χ3v) is 3.15. The quantitative estimate of drug-likeness (QED) is 0.934. The molecule has 0 saturated heterocycles. The van der Waals surface area contributed by atoms with E-state index in [1.165, 1.54) is 24.3 Å². The summed E-state index contributed by atoms with van der Waals surface area (Å²) in [6.45, 7) is 0.162. The largest absolute Gasteiger partial charge is 0.348 e. The maximum atomic E-state index is 13.0. The van der Waals surface area contributed by atoms with E-state index >= 15 is 0 Å². The molecule has 0 aliphatic carbocycles. The minimum absolute atomic E-state index is 0.0107. The van der Waals surface area contributed by atoms with E-state index in [1.54, 1.807) is 0 Å². The van der Waals surface area contributed by atoms with Crippen molar-refractivity contribution in [2.75, 3.05) is 0 Å². The third-order valence-electron chi connectivity index (χ3n) is 2.40. The molecule has 0 radical (unpaired) electrons. The van der Waals surface area contributed by atoms with Gasteiger partial charge in [0, 0.05) is 6.54 Å². The number of carbonyl (C=O) groups is 1. The Hall–Kier alpha value is -1.43. The summed E-state index contributed by atoms with van der Waals surface area (Å²) < 4.78 is 13.0. The zero-order valence-corrected chi connectivity index (χ0v) is 12.1. The second-order valence-electron chi connectivity index (χ2n) is 3.80. The van der Waals surface area contributed by atoms with E-state index in [0.29, 0.717) is 5.56 Å². The number of hydrogen-bond acceptors (Lipinski definition) is 3. The number of carbonyl (C=O) groups excluding carboxylic acids is 1. The molecular weight excluding hydrogens is 328 g/mol. The van der Waals surface area contributed by atoms with E-state index in [2.05, 4.69) is 15.5 Å². The molecule has 0 atom stereocenters. The summed E-state index contributed by atoms with van der Waals surface area (Å²) in [5.74, 6) is -0.984. The molecule has 2 rings (SSSR count). The van der Waals surface area contributed by atoms with Gasteiger partial charge in [0.15, 0.2) is 10.3 Å². The van der Waals surface area contributed by atoms with Gasteiger partial charge in [0.25, 0.3) is 5.91 Å². The molecule has 0 saturated carbocycles. The molecule has 0 aliphatic rings. The van der Waals surface area contributed by atoms with Gasteiger partial charge in [-0.05, 0) is 23.8 Å². The topological polar surface area (TPSA) is 54.9 Å². The first kappa shape index (κ1) is 15.0. The van der Waals surface area contributed by atoms with E-state index in [4.69, 9.17) is 34.8 Å². The molecule has 1 aromatic carbocycles. The number of hydrogen-bond donors (Lipinski definition) is 1. The van der Waals surface area contributed by atoms with Crippen LogP contribution < -0.4 is 5.32 Å². The Bertz CT molecular complexity index is 666. The molecule has 1 amide bonds. The lowest BCUT2D eigenvalue weighted by molar-refractivity contribution is 0.0950. The monoisotopic (exact) mass is 333 g/mol. The van der Waals surface area contributed by atoms with E-state index in [1.807, 2.05) is 0 Å². The lowest BCUT2D eigenvalue weighted by atomic mass is 10.2. The molecule has 8 heteroatoms. The molecule has 0 bridgehead atoms. The molecule has 1 N–H and O–H groups in total. The van der Waals surface area contributed by atoms with Crippen molar-refractivity contribution in [3.05, 3.63) is 56.5 Å². The van der Waals surface area contributed by atoms with Crippen LogP contribution in [0.15, 0.2) is 24.3 Å². The molecular formula is C12H7Cl3FN3O. The normalized spacial score (nSPS) is 10.4. The van der Waals surface area contributed by atoms with Crippen LogP contribution in [0, 0.1) is 5.82 Å². The number of benzene rings is 1. The zero-order valence-electron chi connectivity index (χ0n) is 9.83. The van der Waals surface area contributed by atoms with Gasteiger partial charge in [0.05, 0.1) is 10.6 Å². The summed E-state index contributed by atoms with van der Waals surface area (Å²) in [5.41, 5.74) is 0.758. The first-order chi connectivity index (χ1) is 9.47. The minimum Gasteiger partial charge on any atom is -0.348 e. The number of aromatic nitrogens is 2. The van der Waals surface area contributed by atoms with Crippen LogP contribution in [0.3, 0.4) is 0 Å². The molecule has 4 nitrogen and oxygen atoms in total. The second kappa shape index (κ2) is 6.35. The number of halogens is 4. The van der Waals surface area contributed by atoms with Crippen LogP contribution >= 0.6 is 34.8 Å². The summed E-state index contributed by atoms with van der Waals surface area (Å²) >= 11 is 17.0. The lowest BCUT2D eigenvalue weighted by Crippen LogP contribution is -2.23. The molecule has 0 unspecified atom stereocenters. The van der Waals surface area contributed by atoms with Crippen LogP contribution in [0.4, 0.5) is 4.39 Å². The first-order valence-electron chi connectivity index (χ1n) is 5.38. The van der Waals surface area contributed by atoms with Crippen LogP contribution in [0.2, 0.25) is 15.3 Å². The Morgan fingerprint density at radius 1 is 1.20 bits per heavy atom. The van der Waals surface area contributed by atoms with Crippen molar-refractivity contribution in [3.63, 3.8) is 0 Å². The molecule has 2 aromatic rings. The molecule has 0 spiro atoms. The van der Waals surface area contributed by atoms with Gasteiger partial charge in [-0.15, -0.1) is 10.2 Å². The molecule has 1 aromatic heterocycles. The minimum atomic E-state index is -0.519. The Morgan fingerprint density at radius 2 is 1.95 bits per heavy atom. The summed E-state index contributed by atoms with van der Waals surface area (Å²) in [6.07, 6.45) is 0. The Kier molecular flexibility index (Phi) is 4.75. The van der Waals surface area contributed by atoms with Crippen LogP contribution in [0.25, 0.3) is 0 Å². The van der Waals surface area contributed by atoms with Gasteiger partial charge in [-0.25, -0.2) is 4.39 Å². The fourth-order valence-electron chi connectivity index (χ4n) is 1.44. The van der Waals surface area contributed by atoms with E-state index < -0.39 is 11.7 Å². The predicted octanol–water partition coefficient (Wildman–Crippen LogP) is 3.51. The van der Waals surface area contributed by atoms with Gasteiger partial charge < -0.3 is 5.32 Å². The zero-order chi connectivity index (χ0) is 14.7. The van der Waals surface area contributed by atoms with E-state index in [9.17, 15) is 9.18 Å². The van der Waals surface area contributed by atoms with Crippen molar-refractivity contribution in [2.24, 2.45) is 0 Å². The van der Waals surface area contributed by atoms with Crippen molar-refractivity contribution in [3.8, 4) is 0 Å². The molecule has 104 valence electrons. The van der Waals surface area contributed by atoms with Crippen molar-refractivity contribution in [1.29, 1.82) is 0 Å². The smallest absolute Gasteiger partial charge is 0.254 e. The fourth-order valence-corrected chi connectivity index (χ4v) is 1.97. The summed E-state index contributed by atoms with van der Waals surface area (Å²) in [5, 5.41) is 9.63. The van der Waals surface area contributed by atoms with Crippen LogP contribution in [0.1, 0.15) is 15.9 Å². The average molecular weight is 335 g/mol. The van der Waals surface area contributed by atoms with E-state index in [-0.39, 0.29) is 27.4 Å². The first-order valence-corrected chi connectivity index (χ1v) is 6.51. The lowest BCUT2D eigenvalue weighted by Gasteiger charge is -2.07. The summed E-state index contributed by atoms with van der Waals surface area (Å²) in [7, 11) is 0. The van der Waals surface area contributed by atoms with Gasteiger partial charge in [-0.1, -0.05) is 40.9 Å². The molecule has 1 heterocycles. The standard InChI is InChI=1S/C12H7Cl3FN3O/c13-8-3-6(1-2-9(8)16)5-17-12(20)7-4-10(14)18-19-11(7)15/h1-4H,5H2,(H,17,20). The maximum absolute atomic E-state index is 13.0. The summed E-state index contributed by atoms with van der Waals surface area (Å²) in [6, 6.07) is 5.48. The number of nitrogens with one attached hydrogen (secondary N) is 1. The SMILES string of the molecule is O=C(NCc1ccc(F)c(Cl)c1)c1cc(Cl)nnc1Cl. The van der Waals surface area contributed by atoms with Crippen LogP contribution in [-0.2, 0) is 6.54 Å². The fraction of sp³-hybridized carbons (Fsp3) is 0.0833. The van der Waals surface area contributed by atoms with Crippen molar-refractivity contribution < 1.29 is 9.18 Å². The Balaban J connectivity index is 2.08. The van der Waals surface area contributed by atoms with Crippen LogP contribution in [0.5, 0.6) is 0 Å². The Morgan fingerprint density at radius 3 is 2.65 bits per heavy atom. The van der Waals surface area contributed by atoms with Gasteiger partial charge in [-0.2, -0.15) is 0 Å². The van der Waals surface area contributed by atoms with Gasteiger partial charge in [0.1, 0.15) is 5.82 Å². The number of nitrogens with zero attached hydrogens (tertiary/aromatic N) is 2. The predicted molar refractivity (Wildman–Crippen MR) is 74.6 cm³/mol. The third kappa shape index (κ3) is 3.56. The average Bonchev–Trinajstić information content (AvgIpc) is 2.42. The number of rotatable bonds is 3. The van der Waals surface area contributed by atoms with E-state index in [0.717, 1.165) is 0 Å². The van der Waals surface area contributed by atoms with Gasteiger partial charge in [-0.3, -0.25) is 4.79 Å². The molecule has 0 aliphatic heterocycles. The molecule has 20 heavy (non-hydrogen) atoms. The Labute approximate surface area is 128 Å². The molecule has 0 fully saturated rings. The van der Waals surface area contributed by atoms with Crippen molar-refractivity contribution >= 4 is 40.7 Å². The highest BCUT2D eigenvalue weighted by Gasteiger charge is 2.13. The highest BCUT2D eigenvalue weighted by atomic mass is 35.5. The second-order valence-corrected chi connectivity index (χ2v) is 4.96. The summed E-state index contributed by atoms with van der Waals surface area (Å²) in [4.78, 5) is 11.9. The van der Waals surface area contributed by atoms with Crippen molar-refractivity contribution in [2.45, 2.75) is 6.54 Å². The van der Waals surface area contributed by atoms with Gasteiger partial charge in [0.2, 0.25) is 0 Å². The highest BCUT2D eigenvalue weighted by Crippen LogP contribution is 2.17. The number of amides is 1. The maximum Gasteiger partial charge on any atom is 0.254 e.